The smallest absolute Gasteiger partial charge is 0.0896 e. The molecule has 3 atom stereocenters. The quantitative estimate of drug-likeness (QED) is 0.773. The van der Waals surface area contributed by atoms with Crippen molar-refractivity contribution in [1.82, 2.24) is 0 Å². The van der Waals surface area contributed by atoms with E-state index in [4.69, 9.17) is 16.3 Å². The third-order valence-electron chi connectivity index (χ3n) is 4.83. The molecule has 114 valence electrons. The van der Waals surface area contributed by atoms with E-state index >= 15 is 0 Å². The number of anilines is 1. The van der Waals surface area contributed by atoms with E-state index in [-0.39, 0.29) is 6.10 Å². The van der Waals surface area contributed by atoms with Gasteiger partial charge in [-0.15, -0.1) is 0 Å². The van der Waals surface area contributed by atoms with E-state index in [0.29, 0.717) is 12.0 Å². The largest absolute Gasteiger partial charge is 0.378 e. The van der Waals surface area contributed by atoms with Gasteiger partial charge in [0.15, 0.2) is 0 Å². The molecule has 2 heterocycles. The molecule has 0 spiro atoms. The zero-order valence-corrected chi connectivity index (χ0v) is 13.4. The van der Waals surface area contributed by atoms with E-state index in [1.165, 1.54) is 23.1 Å². The number of fused-ring (bicyclic) bond motifs is 3. The molecule has 2 aliphatic heterocycles. The van der Waals surface area contributed by atoms with Crippen LogP contribution in [-0.4, -0.2) is 6.61 Å². The third kappa shape index (κ3) is 2.41. The minimum Gasteiger partial charge on any atom is -0.378 e. The Balaban J connectivity index is 1.79. The first kappa shape index (κ1) is 14.1. The number of hydrogen-bond donors (Lipinski definition) is 1. The predicted octanol–water partition coefficient (Wildman–Crippen LogP) is 5.28. The van der Waals surface area contributed by atoms with Crippen LogP contribution in [0.25, 0.3) is 0 Å². The molecule has 0 saturated carbocycles. The van der Waals surface area contributed by atoms with Crippen molar-refractivity contribution in [1.29, 1.82) is 0 Å². The molecule has 2 aromatic rings. The molecule has 2 aliphatic rings. The summed E-state index contributed by atoms with van der Waals surface area (Å²) < 4.78 is 6.15. The average molecular weight is 314 g/mol. The van der Waals surface area contributed by atoms with Crippen molar-refractivity contribution in [2.75, 3.05) is 11.9 Å². The van der Waals surface area contributed by atoms with Gasteiger partial charge in [-0.25, -0.2) is 0 Å². The summed E-state index contributed by atoms with van der Waals surface area (Å²) in [6.07, 6.45) is 2.46. The van der Waals surface area contributed by atoms with Crippen LogP contribution in [-0.2, 0) is 4.74 Å². The van der Waals surface area contributed by atoms with Gasteiger partial charge in [-0.1, -0.05) is 41.4 Å². The topological polar surface area (TPSA) is 21.3 Å². The molecule has 0 bridgehead atoms. The van der Waals surface area contributed by atoms with Crippen molar-refractivity contribution in [2.45, 2.75) is 31.9 Å². The predicted molar refractivity (Wildman–Crippen MR) is 90.4 cm³/mol. The summed E-state index contributed by atoms with van der Waals surface area (Å²) in [5.41, 5.74) is 5.01. The Morgan fingerprint density at radius 2 is 2.09 bits per heavy atom. The molecule has 1 N–H and O–H groups in total. The van der Waals surface area contributed by atoms with Crippen LogP contribution in [0.2, 0.25) is 5.02 Å². The molecule has 3 unspecified atom stereocenters. The lowest BCUT2D eigenvalue weighted by atomic mass is 9.77. The first-order valence-electron chi connectivity index (χ1n) is 7.96. The van der Waals surface area contributed by atoms with Crippen LogP contribution in [0.5, 0.6) is 0 Å². The lowest BCUT2D eigenvalue weighted by molar-refractivity contribution is -0.0381. The summed E-state index contributed by atoms with van der Waals surface area (Å²) in [6.45, 7) is 2.99. The van der Waals surface area contributed by atoms with Crippen LogP contribution in [0.1, 0.15) is 41.7 Å². The van der Waals surface area contributed by atoms with Crippen molar-refractivity contribution in [3.8, 4) is 0 Å². The fourth-order valence-corrected chi connectivity index (χ4v) is 4.02. The molecule has 0 aliphatic carbocycles. The zero-order valence-electron chi connectivity index (χ0n) is 12.7. The second-order valence-corrected chi connectivity index (χ2v) is 6.80. The van der Waals surface area contributed by atoms with Gasteiger partial charge in [-0.2, -0.15) is 0 Å². The fourth-order valence-electron chi connectivity index (χ4n) is 3.84. The highest BCUT2D eigenvalue weighted by Gasteiger charge is 2.39. The van der Waals surface area contributed by atoms with Gasteiger partial charge in [0.1, 0.15) is 0 Å². The van der Waals surface area contributed by atoms with Gasteiger partial charge < -0.3 is 10.1 Å². The normalized spacial score (nSPS) is 26.7. The van der Waals surface area contributed by atoms with Crippen LogP contribution < -0.4 is 5.32 Å². The number of ether oxygens (including phenoxy) is 1. The molecular formula is C19H20ClNO. The van der Waals surface area contributed by atoms with Gasteiger partial charge >= 0.3 is 0 Å². The second-order valence-electron chi connectivity index (χ2n) is 6.37. The maximum absolute atomic E-state index is 6.20. The Morgan fingerprint density at radius 1 is 1.18 bits per heavy atom. The number of hydrogen-bond acceptors (Lipinski definition) is 2. The summed E-state index contributed by atoms with van der Waals surface area (Å²) in [5.74, 6) is 0.460. The lowest BCUT2D eigenvalue weighted by Gasteiger charge is -2.43. The van der Waals surface area contributed by atoms with E-state index in [1.807, 2.05) is 6.07 Å². The van der Waals surface area contributed by atoms with Crippen molar-refractivity contribution in [3.63, 3.8) is 0 Å². The minimum absolute atomic E-state index is 0.147. The monoisotopic (exact) mass is 313 g/mol. The molecule has 1 saturated heterocycles. The minimum atomic E-state index is 0.147. The van der Waals surface area contributed by atoms with E-state index in [0.717, 1.165) is 23.7 Å². The van der Waals surface area contributed by atoms with Crippen LogP contribution in [0.3, 0.4) is 0 Å². The van der Waals surface area contributed by atoms with Crippen LogP contribution in [0.15, 0.2) is 42.5 Å². The van der Waals surface area contributed by atoms with Gasteiger partial charge in [-0.05, 0) is 43.5 Å². The Hall–Kier alpha value is -1.51. The molecule has 4 rings (SSSR count). The molecule has 2 aromatic carbocycles. The fraction of sp³-hybridized carbons (Fsp3) is 0.368. The van der Waals surface area contributed by atoms with Crippen molar-refractivity contribution in [3.05, 3.63) is 64.2 Å². The molecule has 2 nitrogen and oxygen atoms in total. The first-order valence-corrected chi connectivity index (χ1v) is 8.34. The molecule has 0 aromatic heterocycles. The molecule has 1 fully saturated rings. The van der Waals surface area contributed by atoms with E-state index in [1.54, 1.807) is 0 Å². The molecule has 3 heteroatoms. The Bertz CT molecular complexity index is 700. The Morgan fingerprint density at radius 3 is 2.95 bits per heavy atom. The summed E-state index contributed by atoms with van der Waals surface area (Å²) in [5, 5.41) is 4.51. The number of halogens is 1. The van der Waals surface area contributed by atoms with Crippen LogP contribution >= 0.6 is 11.6 Å². The van der Waals surface area contributed by atoms with Gasteiger partial charge in [0, 0.05) is 28.8 Å². The van der Waals surface area contributed by atoms with Crippen LogP contribution in [0, 0.1) is 12.8 Å². The van der Waals surface area contributed by atoms with Crippen molar-refractivity contribution < 1.29 is 4.74 Å². The SMILES string of the molecule is Cc1cccc(C2Nc3ccc(Cl)cc3C3OCCCC23)c1. The number of aryl methyl sites for hydroxylation is 1. The Kier molecular flexibility index (Phi) is 3.59. The van der Waals surface area contributed by atoms with Gasteiger partial charge in [0.05, 0.1) is 12.1 Å². The number of nitrogens with one attached hydrogen (secondary N) is 1. The molecule has 0 radical (unpaired) electrons. The lowest BCUT2D eigenvalue weighted by Crippen LogP contribution is -2.36. The zero-order chi connectivity index (χ0) is 15.1. The second kappa shape index (κ2) is 5.60. The summed E-state index contributed by atoms with van der Waals surface area (Å²) in [7, 11) is 0. The maximum Gasteiger partial charge on any atom is 0.0896 e. The van der Waals surface area contributed by atoms with Gasteiger partial charge in [0.25, 0.3) is 0 Å². The summed E-state index contributed by atoms with van der Waals surface area (Å²) in [6, 6.07) is 15.2. The van der Waals surface area contributed by atoms with Gasteiger partial charge in [0.2, 0.25) is 0 Å². The van der Waals surface area contributed by atoms with Crippen molar-refractivity contribution in [2.24, 2.45) is 5.92 Å². The average Bonchev–Trinajstić information content (AvgIpc) is 2.54. The summed E-state index contributed by atoms with van der Waals surface area (Å²) >= 11 is 6.20. The molecule has 0 amide bonds. The number of rotatable bonds is 1. The van der Waals surface area contributed by atoms with E-state index < -0.39 is 0 Å². The summed E-state index contributed by atoms with van der Waals surface area (Å²) in [4.78, 5) is 0. The first-order chi connectivity index (χ1) is 10.7. The van der Waals surface area contributed by atoms with Crippen LogP contribution in [0.4, 0.5) is 5.69 Å². The Labute approximate surface area is 136 Å². The standard InChI is InChI=1S/C19H20ClNO/c1-12-4-2-5-13(10-12)18-15-6-3-9-22-19(15)16-11-14(20)7-8-17(16)21-18/h2,4-5,7-8,10-11,15,18-19,21H,3,6,9H2,1H3. The molecule has 22 heavy (non-hydrogen) atoms. The highest BCUT2D eigenvalue weighted by molar-refractivity contribution is 6.30. The van der Waals surface area contributed by atoms with E-state index in [9.17, 15) is 0 Å². The van der Waals surface area contributed by atoms with Gasteiger partial charge in [-0.3, -0.25) is 0 Å². The van der Waals surface area contributed by atoms with E-state index in [2.05, 4.69) is 48.6 Å². The van der Waals surface area contributed by atoms with Crippen molar-refractivity contribution >= 4 is 17.3 Å². The molecular weight excluding hydrogens is 294 g/mol. The maximum atomic E-state index is 6.20. The highest BCUT2D eigenvalue weighted by atomic mass is 35.5. The highest BCUT2D eigenvalue weighted by Crippen LogP contribution is 2.49. The number of benzene rings is 2. The third-order valence-corrected chi connectivity index (χ3v) is 5.06.